The van der Waals surface area contributed by atoms with Gasteiger partial charge in [0.15, 0.2) is 0 Å². The predicted molar refractivity (Wildman–Crippen MR) is 209 cm³/mol. The van der Waals surface area contributed by atoms with Crippen LogP contribution in [0.5, 0.6) is 5.75 Å². The van der Waals surface area contributed by atoms with Gasteiger partial charge in [0, 0.05) is 50.9 Å². The summed E-state index contributed by atoms with van der Waals surface area (Å²) in [7, 11) is 0. The van der Waals surface area contributed by atoms with Crippen molar-refractivity contribution in [1.29, 1.82) is 0 Å². The highest BCUT2D eigenvalue weighted by Crippen LogP contribution is 2.46. The minimum atomic E-state index is -0.847. The maximum Gasteiger partial charge on any atom is 0.203 e. The van der Waals surface area contributed by atoms with Crippen molar-refractivity contribution >= 4 is 33.7 Å². The number of ether oxygens (including phenoxy) is 1. The first-order valence-corrected chi connectivity index (χ1v) is 17.4. The van der Waals surface area contributed by atoms with Gasteiger partial charge >= 0.3 is 0 Å². The van der Waals surface area contributed by atoms with Crippen molar-refractivity contribution in [3.63, 3.8) is 0 Å². The van der Waals surface area contributed by atoms with Crippen LogP contribution in [-0.4, -0.2) is 16.0 Å². The van der Waals surface area contributed by atoms with Crippen LogP contribution in [0.25, 0.3) is 22.2 Å². The van der Waals surface area contributed by atoms with Gasteiger partial charge in [0.25, 0.3) is 0 Å². The summed E-state index contributed by atoms with van der Waals surface area (Å²) in [5.41, 5.74) is 10.00. The third-order valence-electron chi connectivity index (χ3n) is 9.38. The lowest BCUT2D eigenvalue weighted by molar-refractivity contribution is 0.172. The van der Waals surface area contributed by atoms with Crippen LogP contribution in [0, 0.1) is 11.6 Å². The van der Waals surface area contributed by atoms with Crippen LogP contribution in [0.2, 0.25) is 0 Å². The molecule has 1 aliphatic heterocycles. The highest BCUT2D eigenvalue weighted by atomic mass is 19.1. The molecule has 4 nitrogen and oxygen atoms in total. The van der Waals surface area contributed by atoms with E-state index in [0.717, 1.165) is 67.6 Å². The number of aromatic nitrogens is 1. The van der Waals surface area contributed by atoms with Crippen LogP contribution in [0.15, 0.2) is 192 Å². The number of aliphatic imine (C=N–C) groups is 2. The molecular weight excluding hydrogens is 661 g/mol. The second-order valence-corrected chi connectivity index (χ2v) is 12.9. The lowest BCUT2D eigenvalue weighted by Crippen LogP contribution is -2.22. The lowest BCUT2D eigenvalue weighted by atomic mass is 10.0. The molecule has 0 N–H and O–H groups in total. The van der Waals surface area contributed by atoms with Crippen LogP contribution >= 0.6 is 0 Å². The average molecular weight is 692 g/mol. The van der Waals surface area contributed by atoms with Crippen molar-refractivity contribution in [3.05, 3.63) is 221 Å². The number of benzene rings is 7. The summed E-state index contributed by atoms with van der Waals surface area (Å²) >= 11 is 0. The molecule has 53 heavy (non-hydrogen) atoms. The fourth-order valence-electron chi connectivity index (χ4n) is 6.98. The van der Waals surface area contributed by atoms with Gasteiger partial charge in [-0.2, -0.15) is 0 Å². The molecule has 0 radical (unpaired) electrons. The van der Waals surface area contributed by atoms with E-state index >= 15 is 0 Å². The van der Waals surface area contributed by atoms with Crippen LogP contribution < -0.4 is 4.74 Å². The second kappa shape index (κ2) is 13.7. The molecule has 254 valence electrons. The zero-order valence-corrected chi connectivity index (χ0v) is 28.4. The van der Waals surface area contributed by atoms with Crippen molar-refractivity contribution in [2.75, 3.05) is 0 Å². The van der Waals surface area contributed by atoms with Gasteiger partial charge in [-0.05, 0) is 48.5 Å². The van der Waals surface area contributed by atoms with Crippen LogP contribution in [-0.2, 0) is 0 Å². The SMILES string of the molecule is Fc1cc(F)cc(C2Oc3cc(N=C(c4ccccc4)c4ccccc4)ccc3-c3cc4cc(N=C(c5ccccc5)c5ccccc5)ccc4n32)c1. The van der Waals surface area contributed by atoms with Crippen LogP contribution in [0.3, 0.4) is 0 Å². The molecule has 6 heteroatoms. The standard InChI is InChI=1S/C47H31F2N3O/c48-37-25-36(26-38(49)29-37)47-52-42-24-22-39(50-45(31-13-5-1-6-14-31)32-15-7-2-8-16-32)27-35(42)28-43(52)41-23-21-40(30-44(41)53-47)51-46(33-17-9-3-10-18-33)34-19-11-4-12-20-34/h1-30,47H. The van der Waals surface area contributed by atoms with Gasteiger partial charge in [0.2, 0.25) is 6.23 Å². The quantitative estimate of drug-likeness (QED) is 0.153. The Balaban J connectivity index is 1.20. The maximum atomic E-state index is 14.7. The topological polar surface area (TPSA) is 38.9 Å². The van der Waals surface area contributed by atoms with Crippen molar-refractivity contribution in [2.45, 2.75) is 6.23 Å². The normalized spacial score (nSPS) is 13.1. The van der Waals surface area contributed by atoms with E-state index in [-0.39, 0.29) is 0 Å². The Morgan fingerprint density at radius 1 is 0.491 bits per heavy atom. The Labute approximate surface area is 305 Å². The zero-order chi connectivity index (χ0) is 35.7. The van der Waals surface area contributed by atoms with E-state index in [1.54, 1.807) is 0 Å². The Morgan fingerprint density at radius 2 is 0.962 bits per heavy atom. The molecule has 2 heterocycles. The molecule has 1 aliphatic rings. The second-order valence-electron chi connectivity index (χ2n) is 12.9. The summed E-state index contributed by atoms with van der Waals surface area (Å²) in [5.74, 6) is -0.787. The molecule has 0 fully saturated rings. The van der Waals surface area contributed by atoms with Gasteiger partial charge < -0.3 is 9.30 Å². The Kier molecular flexibility index (Phi) is 8.25. The van der Waals surface area contributed by atoms with E-state index in [1.807, 2.05) is 138 Å². The smallest absolute Gasteiger partial charge is 0.203 e. The highest BCUT2D eigenvalue weighted by molar-refractivity contribution is 6.14. The zero-order valence-electron chi connectivity index (χ0n) is 28.4. The summed E-state index contributed by atoms with van der Waals surface area (Å²) in [6.07, 6.45) is -0.847. The molecule has 7 aromatic carbocycles. The molecule has 0 bridgehead atoms. The van der Waals surface area contributed by atoms with E-state index in [0.29, 0.717) is 17.0 Å². The third kappa shape index (κ3) is 6.32. The molecule has 8 aromatic rings. The Bertz CT molecular complexity index is 2550. The summed E-state index contributed by atoms with van der Waals surface area (Å²) in [6, 6.07) is 57.8. The first-order valence-electron chi connectivity index (χ1n) is 17.4. The van der Waals surface area contributed by atoms with Gasteiger partial charge in [-0.15, -0.1) is 0 Å². The van der Waals surface area contributed by atoms with Crippen molar-refractivity contribution < 1.29 is 13.5 Å². The highest BCUT2D eigenvalue weighted by Gasteiger charge is 2.30. The van der Waals surface area contributed by atoms with Crippen molar-refractivity contribution in [2.24, 2.45) is 9.98 Å². The van der Waals surface area contributed by atoms with E-state index in [9.17, 15) is 8.78 Å². The summed E-state index contributed by atoms with van der Waals surface area (Å²) < 4.78 is 38.2. The van der Waals surface area contributed by atoms with E-state index in [2.05, 4.69) is 30.3 Å². The van der Waals surface area contributed by atoms with E-state index < -0.39 is 17.9 Å². The van der Waals surface area contributed by atoms with Gasteiger partial charge in [-0.1, -0.05) is 121 Å². The fourth-order valence-corrected chi connectivity index (χ4v) is 6.98. The minimum Gasteiger partial charge on any atom is -0.465 e. The largest absolute Gasteiger partial charge is 0.465 e. The minimum absolute atomic E-state index is 0.354. The first-order chi connectivity index (χ1) is 26.1. The van der Waals surface area contributed by atoms with Crippen molar-refractivity contribution in [3.8, 4) is 17.0 Å². The number of halogens is 2. The molecule has 1 unspecified atom stereocenters. The third-order valence-corrected chi connectivity index (χ3v) is 9.38. The Hall–Kier alpha value is -6.92. The molecule has 9 rings (SSSR count). The monoisotopic (exact) mass is 691 g/mol. The molecule has 1 atom stereocenters. The predicted octanol–water partition coefficient (Wildman–Crippen LogP) is 11.9. The molecular formula is C47H31F2N3O. The maximum absolute atomic E-state index is 14.7. The fraction of sp³-hybridized carbons (Fsp3) is 0.0213. The summed E-state index contributed by atoms with van der Waals surface area (Å²) in [4.78, 5) is 10.3. The lowest BCUT2D eigenvalue weighted by Gasteiger charge is -2.30. The molecule has 0 saturated carbocycles. The van der Waals surface area contributed by atoms with Crippen molar-refractivity contribution in [1.82, 2.24) is 4.57 Å². The van der Waals surface area contributed by atoms with E-state index in [4.69, 9.17) is 14.7 Å². The number of hydrogen-bond donors (Lipinski definition) is 0. The molecule has 0 amide bonds. The molecule has 0 saturated heterocycles. The molecule has 0 aliphatic carbocycles. The van der Waals surface area contributed by atoms with Crippen LogP contribution in [0.4, 0.5) is 20.2 Å². The summed E-state index contributed by atoms with van der Waals surface area (Å²) in [6.45, 7) is 0. The molecule has 1 aromatic heterocycles. The number of nitrogens with zero attached hydrogens (tertiary/aromatic N) is 3. The van der Waals surface area contributed by atoms with E-state index in [1.165, 1.54) is 12.1 Å². The van der Waals surface area contributed by atoms with Crippen LogP contribution in [0.1, 0.15) is 34.0 Å². The average Bonchev–Trinajstić information content (AvgIpc) is 3.58. The Morgan fingerprint density at radius 3 is 1.47 bits per heavy atom. The first kappa shape index (κ1) is 32.0. The number of rotatable bonds is 7. The number of hydrogen-bond acceptors (Lipinski definition) is 3. The molecule has 0 spiro atoms. The van der Waals surface area contributed by atoms with Gasteiger partial charge in [0.05, 0.1) is 34.0 Å². The van der Waals surface area contributed by atoms with Gasteiger partial charge in [-0.3, -0.25) is 0 Å². The van der Waals surface area contributed by atoms with Gasteiger partial charge in [0.1, 0.15) is 17.4 Å². The number of fused-ring (bicyclic) bond motifs is 5. The van der Waals surface area contributed by atoms with Gasteiger partial charge in [-0.25, -0.2) is 18.8 Å². The summed E-state index contributed by atoms with van der Waals surface area (Å²) in [5, 5.41) is 0.914.